The van der Waals surface area contributed by atoms with E-state index in [-0.39, 0.29) is 0 Å². The van der Waals surface area contributed by atoms with E-state index in [1.807, 2.05) is 43.3 Å². The summed E-state index contributed by atoms with van der Waals surface area (Å²) < 4.78 is 37.6. The van der Waals surface area contributed by atoms with Gasteiger partial charge in [0.05, 0.1) is 11.3 Å². The summed E-state index contributed by atoms with van der Waals surface area (Å²) in [7, 11) is 0. The third kappa shape index (κ3) is 4.60. The molecule has 0 atom stereocenters. The van der Waals surface area contributed by atoms with Crippen LogP contribution in [0, 0.1) is 6.92 Å². The Kier molecular flexibility index (Phi) is 5.08. The van der Waals surface area contributed by atoms with Crippen molar-refractivity contribution in [1.82, 2.24) is 10.2 Å². The molecule has 0 saturated carbocycles. The van der Waals surface area contributed by atoms with Gasteiger partial charge in [-0.1, -0.05) is 53.7 Å². The maximum atomic E-state index is 12.5. The van der Waals surface area contributed by atoms with Crippen molar-refractivity contribution in [3.05, 3.63) is 77.4 Å². The number of hydrogen-bond donors (Lipinski definition) is 0. The Balaban J connectivity index is 1.63. The van der Waals surface area contributed by atoms with Crippen molar-refractivity contribution in [1.29, 1.82) is 0 Å². The summed E-state index contributed by atoms with van der Waals surface area (Å²) in [5.41, 5.74) is 3.14. The van der Waals surface area contributed by atoms with Crippen molar-refractivity contribution in [2.75, 3.05) is 0 Å². The maximum absolute atomic E-state index is 12.5. The zero-order chi connectivity index (χ0) is 17.9. The molecule has 128 valence electrons. The van der Waals surface area contributed by atoms with Crippen molar-refractivity contribution in [3.8, 4) is 11.3 Å². The molecular formula is C19H15F3N2S. The highest BCUT2D eigenvalue weighted by Gasteiger charge is 2.29. The smallest absolute Gasteiger partial charge is 0.166 e. The van der Waals surface area contributed by atoms with Crippen molar-refractivity contribution >= 4 is 11.8 Å². The molecule has 0 saturated heterocycles. The largest absolute Gasteiger partial charge is 0.416 e. The Hall–Kier alpha value is -2.34. The van der Waals surface area contributed by atoms with E-state index in [0.717, 1.165) is 34.0 Å². The fourth-order valence-corrected chi connectivity index (χ4v) is 2.99. The first-order valence-corrected chi connectivity index (χ1v) is 8.60. The molecule has 0 spiro atoms. The van der Waals surface area contributed by atoms with E-state index < -0.39 is 11.7 Å². The van der Waals surface area contributed by atoms with Gasteiger partial charge in [-0.05, 0) is 36.8 Å². The molecule has 2 nitrogen and oxygen atoms in total. The van der Waals surface area contributed by atoms with E-state index in [0.29, 0.717) is 5.75 Å². The highest BCUT2D eigenvalue weighted by atomic mass is 32.2. The fourth-order valence-electron chi connectivity index (χ4n) is 2.22. The topological polar surface area (TPSA) is 25.8 Å². The van der Waals surface area contributed by atoms with Gasteiger partial charge in [0.2, 0.25) is 0 Å². The Bertz CT molecular complexity index is 827. The monoisotopic (exact) mass is 360 g/mol. The van der Waals surface area contributed by atoms with E-state index in [9.17, 15) is 13.2 Å². The first-order chi connectivity index (χ1) is 11.9. The summed E-state index contributed by atoms with van der Waals surface area (Å²) in [6.45, 7) is 2.02. The number of rotatable bonds is 4. The SMILES string of the molecule is Cc1ccc(-c2ccc(SCc3ccc(C(F)(F)F)cc3)nn2)cc1. The molecule has 1 heterocycles. The summed E-state index contributed by atoms with van der Waals surface area (Å²) in [4.78, 5) is 0. The lowest BCUT2D eigenvalue weighted by atomic mass is 10.1. The number of nitrogens with zero attached hydrogens (tertiary/aromatic N) is 2. The number of alkyl halides is 3. The van der Waals surface area contributed by atoms with Crippen LogP contribution in [0.25, 0.3) is 11.3 Å². The summed E-state index contributed by atoms with van der Waals surface area (Å²) in [5, 5.41) is 9.13. The van der Waals surface area contributed by atoms with Gasteiger partial charge in [0.15, 0.2) is 0 Å². The molecule has 0 bridgehead atoms. The maximum Gasteiger partial charge on any atom is 0.416 e. The molecule has 0 amide bonds. The molecule has 0 fully saturated rings. The Labute approximate surface area is 148 Å². The normalized spacial score (nSPS) is 11.5. The minimum atomic E-state index is -4.30. The van der Waals surface area contributed by atoms with E-state index in [2.05, 4.69) is 10.2 Å². The number of benzene rings is 2. The van der Waals surface area contributed by atoms with Crippen LogP contribution in [0.15, 0.2) is 65.7 Å². The van der Waals surface area contributed by atoms with Crippen LogP contribution >= 0.6 is 11.8 Å². The third-order valence-corrected chi connectivity index (χ3v) is 4.65. The molecule has 6 heteroatoms. The summed E-state index contributed by atoms with van der Waals surface area (Å²) in [6.07, 6.45) is -4.30. The number of aryl methyl sites for hydroxylation is 1. The minimum Gasteiger partial charge on any atom is -0.166 e. The predicted octanol–water partition coefficient (Wildman–Crippen LogP) is 5.76. The van der Waals surface area contributed by atoms with Crippen LogP contribution in [0.2, 0.25) is 0 Å². The van der Waals surface area contributed by atoms with E-state index in [1.165, 1.54) is 29.5 Å². The number of hydrogen-bond acceptors (Lipinski definition) is 3. The van der Waals surface area contributed by atoms with Crippen LogP contribution < -0.4 is 0 Å². The molecule has 0 radical (unpaired) electrons. The second kappa shape index (κ2) is 7.27. The zero-order valence-electron chi connectivity index (χ0n) is 13.4. The predicted molar refractivity (Wildman–Crippen MR) is 93.2 cm³/mol. The standard InChI is InChI=1S/C19H15F3N2S/c1-13-2-6-15(7-3-13)17-10-11-18(24-23-17)25-12-14-4-8-16(9-5-14)19(20,21)22/h2-11H,12H2,1H3. The molecule has 0 unspecified atom stereocenters. The summed E-state index contributed by atoms with van der Waals surface area (Å²) in [5.74, 6) is 0.538. The molecule has 0 aliphatic heterocycles. The first-order valence-electron chi connectivity index (χ1n) is 7.61. The van der Waals surface area contributed by atoms with Crippen LogP contribution in [0.4, 0.5) is 13.2 Å². The Morgan fingerprint density at radius 3 is 2.08 bits per heavy atom. The zero-order valence-corrected chi connectivity index (χ0v) is 14.2. The molecule has 0 aliphatic carbocycles. The van der Waals surface area contributed by atoms with Gasteiger partial charge in [-0.2, -0.15) is 13.2 Å². The second-order valence-electron chi connectivity index (χ2n) is 5.61. The molecule has 2 aromatic carbocycles. The van der Waals surface area contributed by atoms with E-state index in [4.69, 9.17) is 0 Å². The molecular weight excluding hydrogens is 345 g/mol. The minimum absolute atomic E-state index is 0.538. The van der Waals surface area contributed by atoms with Gasteiger partial charge in [0.25, 0.3) is 0 Å². The van der Waals surface area contributed by atoms with Gasteiger partial charge in [-0.25, -0.2) is 0 Å². The van der Waals surface area contributed by atoms with Gasteiger partial charge < -0.3 is 0 Å². The van der Waals surface area contributed by atoms with Crippen LogP contribution in [-0.4, -0.2) is 10.2 Å². The quantitative estimate of drug-likeness (QED) is 0.553. The van der Waals surface area contributed by atoms with Crippen molar-refractivity contribution in [2.24, 2.45) is 0 Å². The van der Waals surface area contributed by atoms with E-state index in [1.54, 1.807) is 0 Å². The fraction of sp³-hybridized carbons (Fsp3) is 0.158. The lowest BCUT2D eigenvalue weighted by Crippen LogP contribution is -2.04. The molecule has 25 heavy (non-hydrogen) atoms. The highest BCUT2D eigenvalue weighted by Crippen LogP contribution is 2.30. The Morgan fingerprint density at radius 2 is 1.52 bits per heavy atom. The molecule has 0 aliphatic rings. The van der Waals surface area contributed by atoms with Gasteiger partial charge in [-0.3, -0.25) is 0 Å². The lowest BCUT2D eigenvalue weighted by molar-refractivity contribution is -0.137. The number of aromatic nitrogens is 2. The molecule has 0 N–H and O–H groups in total. The average molecular weight is 360 g/mol. The number of thioether (sulfide) groups is 1. The summed E-state index contributed by atoms with van der Waals surface area (Å²) in [6, 6.07) is 17.0. The molecule has 3 rings (SSSR count). The van der Waals surface area contributed by atoms with Gasteiger partial charge in [0, 0.05) is 11.3 Å². The third-order valence-electron chi connectivity index (χ3n) is 3.66. The lowest BCUT2D eigenvalue weighted by Gasteiger charge is -2.07. The van der Waals surface area contributed by atoms with E-state index >= 15 is 0 Å². The van der Waals surface area contributed by atoms with Crippen LogP contribution in [0.3, 0.4) is 0 Å². The van der Waals surface area contributed by atoms with Crippen molar-refractivity contribution in [3.63, 3.8) is 0 Å². The summed E-state index contributed by atoms with van der Waals surface area (Å²) >= 11 is 1.44. The second-order valence-corrected chi connectivity index (χ2v) is 6.60. The van der Waals surface area contributed by atoms with Crippen molar-refractivity contribution < 1.29 is 13.2 Å². The van der Waals surface area contributed by atoms with Gasteiger partial charge in [-0.15, -0.1) is 10.2 Å². The van der Waals surface area contributed by atoms with Crippen LogP contribution in [0.1, 0.15) is 16.7 Å². The van der Waals surface area contributed by atoms with Gasteiger partial charge >= 0.3 is 6.18 Å². The van der Waals surface area contributed by atoms with Crippen LogP contribution in [-0.2, 0) is 11.9 Å². The highest BCUT2D eigenvalue weighted by molar-refractivity contribution is 7.98. The molecule has 1 aromatic heterocycles. The van der Waals surface area contributed by atoms with Crippen molar-refractivity contribution in [2.45, 2.75) is 23.9 Å². The molecule has 3 aromatic rings. The Morgan fingerprint density at radius 1 is 0.840 bits per heavy atom. The number of halogens is 3. The average Bonchev–Trinajstić information content (AvgIpc) is 2.61. The van der Waals surface area contributed by atoms with Crippen LogP contribution in [0.5, 0.6) is 0 Å². The first kappa shape index (κ1) is 17.5. The van der Waals surface area contributed by atoms with Gasteiger partial charge in [0.1, 0.15) is 5.03 Å².